The third-order valence-electron chi connectivity index (χ3n) is 3.27. The number of carbonyl (C=O) groups is 1. The van der Waals surface area contributed by atoms with Crippen molar-refractivity contribution < 1.29 is 14.3 Å². The number of nitrogens with zero attached hydrogens (tertiary/aromatic N) is 1. The average Bonchev–Trinajstić information content (AvgIpc) is 2.45. The van der Waals surface area contributed by atoms with E-state index in [0.29, 0.717) is 4.47 Å². The van der Waals surface area contributed by atoms with Crippen LogP contribution in [0.2, 0.25) is 0 Å². The third kappa shape index (κ3) is 3.82. The second-order valence-electron chi connectivity index (χ2n) is 4.70. The molecule has 0 saturated heterocycles. The van der Waals surface area contributed by atoms with E-state index in [1.165, 1.54) is 12.1 Å². The largest absolute Gasteiger partial charge is 0.480 e. The summed E-state index contributed by atoms with van der Waals surface area (Å²) in [6.07, 6.45) is 0. The molecule has 2 aromatic rings. The molecular formula is C16H15BrFNO2. The maximum atomic E-state index is 13.2. The lowest BCUT2D eigenvalue weighted by Crippen LogP contribution is -2.32. The van der Waals surface area contributed by atoms with Gasteiger partial charge in [0.1, 0.15) is 12.4 Å². The Labute approximate surface area is 131 Å². The van der Waals surface area contributed by atoms with Crippen molar-refractivity contribution >= 4 is 27.6 Å². The average molecular weight is 352 g/mol. The molecule has 1 unspecified atom stereocenters. The molecule has 0 spiro atoms. The molecule has 5 heteroatoms. The first-order valence-corrected chi connectivity index (χ1v) is 7.27. The molecule has 2 aromatic carbocycles. The highest BCUT2D eigenvalue weighted by atomic mass is 79.9. The van der Waals surface area contributed by atoms with Crippen LogP contribution in [-0.2, 0) is 4.79 Å². The molecule has 0 bridgehead atoms. The molecule has 21 heavy (non-hydrogen) atoms. The molecular weight excluding hydrogens is 337 g/mol. The lowest BCUT2D eigenvalue weighted by atomic mass is 10.1. The molecule has 3 nitrogen and oxygen atoms in total. The zero-order valence-corrected chi connectivity index (χ0v) is 13.0. The van der Waals surface area contributed by atoms with E-state index in [-0.39, 0.29) is 18.4 Å². The molecule has 0 aromatic heterocycles. The molecule has 1 atom stereocenters. The van der Waals surface area contributed by atoms with Crippen LogP contribution in [0, 0.1) is 5.82 Å². The molecule has 0 fully saturated rings. The highest BCUT2D eigenvalue weighted by molar-refractivity contribution is 9.10. The van der Waals surface area contributed by atoms with Gasteiger partial charge in [0.15, 0.2) is 0 Å². The standard InChI is InChI=1S/C16H15BrFNO2/c1-11(14-8-7-12(18)9-15(14)17)19(10-16(20)21)13-5-3-2-4-6-13/h2-9,11H,10H2,1H3,(H,20,21). The fraction of sp³-hybridized carbons (Fsp3) is 0.188. The van der Waals surface area contributed by atoms with Gasteiger partial charge in [-0.15, -0.1) is 0 Å². The Morgan fingerprint density at radius 1 is 1.29 bits per heavy atom. The van der Waals surface area contributed by atoms with E-state index in [1.54, 1.807) is 11.0 Å². The summed E-state index contributed by atoms with van der Waals surface area (Å²) in [5.41, 5.74) is 1.64. The van der Waals surface area contributed by atoms with Crippen molar-refractivity contribution in [1.82, 2.24) is 0 Å². The monoisotopic (exact) mass is 351 g/mol. The van der Waals surface area contributed by atoms with Gasteiger partial charge in [-0.3, -0.25) is 4.79 Å². The van der Waals surface area contributed by atoms with Gasteiger partial charge in [-0.1, -0.05) is 40.2 Å². The Kier molecular flexibility index (Phi) is 4.96. The summed E-state index contributed by atoms with van der Waals surface area (Å²) in [5.74, 6) is -1.24. The van der Waals surface area contributed by atoms with Crippen molar-refractivity contribution in [2.75, 3.05) is 11.4 Å². The maximum Gasteiger partial charge on any atom is 0.323 e. The number of carboxylic acid groups (broad SMARTS) is 1. The van der Waals surface area contributed by atoms with Gasteiger partial charge in [0.05, 0.1) is 6.04 Å². The Morgan fingerprint density at radius 2 is 1.95 bits per heavy atom. The van der Waals surface area contributed by atoms with Crippen LogP contribution in [-0.4, -0.2) is 17.6 Å². The number of rotatable bonds is 5. The second kappa shape index (κ2) is 6.72. The molecule has 0 aliphatic rings. The number of hydrogen-bond acceptors (Lipinski definition) is 2. The van der Waals surface area contributed by atoms with Crippen LogP contribution in [0.25, 0.3) is 0 Å². The Balaban J connectivity index is 2.38. The van der Waals surface area contributed by atoms with E-state index < -0.39 is 5.97 Å². The SMILES string of the molecule is CC(c1ccc(F)cc1Br)N(CC(=O)O)c1ccccc1. The van der Waals surface area contributed by atoms with Crippen molar-refractivity contribution in [2.45, 2.75) is 13.0 Å². The fourth-order valence-electron chi connectivity index (χ4n) is 2.23. The van der Waals surface area contributed by atoms with Crippen molar-refractivity contribution in [3.8, 4) is 0 Å². The number of benzene rings is 2. The third-order valence-corrected chi connectivity index (χ3v) is 3.96. The molecule has 0 heterocycles. The minimum Gasteiger partial charge on any atom is -0.480 e. The van der Waals surface area contributed by atoms with Gasteiger partial charge < -0.3 is 10.0 Å². The summed E-state index contributed by atoms with van der Waals surface area (Å²) in [4.78, 5) is 12.9. The van der Waals surface area contributed by atoms with Crippen LogP contribution >= 0.6 is 15.9 Å². The van der Waals surface area contributed by atoms with Crippen LogP contribution in [0.15, 0.2) is 53.0 Å². The predicted molar refractivity (Wildman–Crippen MR) is 83.9 cm³/mol. The fourth-order valence-corrected chi connectivity index (χ4v) is 2.91. The van der Waals surface area contributed by atoms with E-state index in [0.717, 1.165) is 11.3 Å². The molecule has 0 amide bonds. The molecule has 0 saturated carbocycles. The Hall–Kier alpha value is -1.88. The van der Waals surface area contributed by atoms with E-state index in [9.17, 15) is 9.18 Å². The smallest absolute Gasteiger partial charge is 0.323 e. The first-order valence-electron chi connectivity index (χ1n) is 6.47. The predicted octanol–water partition coefficient (Wildman–Crippen LogP) is 4.24. The van der Waals surface area contributed by atoms with Crippen LogP contribution in [0.1, 0.15) is 18.5 Å². The molecule has 2 rings (SSSR count). The van der Waals surface area contributed by atoms with Crippen molar-refractivity contribution in [3.63, 3.8) is 0 Å². The summed E-state index contributed by atoms with van der Waals surface area (Å²) < 4.78 is 13.8. The first kappa shape index (κ1) is 15.5. The van der Waals surface area contributed by atoms with Crippen molar-refractivity contribution in [3.05, 3.63) is 64.4 Å². The van der Waals surface area contributed by atoms with E-state index in [1.807, 2.05) is 37.3 Å². The van der Waals surface area contributed by atoms with Gasteiger partial charge in [-0.05, 0) is 36.8 Å². The summed E-state index contributed by atoms with van der Waals surface area (Å²) in [7, 11) is 0. The normalized spacial score (nSPS) is 12.0. The molecule has 0 radical (unpaired) electrons. The number of para-hydroxylation sites is 1. The van der Waals surface area contributed by atoms with Gasteiger partial charge in [0.25, 0.3) is 0 Å². The van der Waals surface area contributed by atoms with Gasteiger partial charge >= 0.3 is 5.97 Å². The zero-order valence-electron chi connectivity index (χ0n) is 11.5. The second-order valence-corrected chi connectivity index (χ2v) is 5.55. The number of carboxylic acids is 1. The topological polar surface area (TPSA) is 40.5 Å². The van der Waals surface area contributed by atoms with Gasteiger partial charge in [-0.25, -0.2) is 4.39 Å². The summed E-state index contributed by atoms with van der Waals surface area (Å²) in [6, 6.07) is 13.5. The summed E-state index contributed by atoms with van der Waals surface area (Å²) in [6.45, 7) is 1.77. The lowest BCUT2D eigenvalue weighted by Gasteiger charge is -2.30. The maximum absolute atomic E-state index is 13.2. The molecule has 0 aliphatic heterocycles. The molecule has 1 N–H and O–H groups in total. The van der Waals surface area contributed by atoms with Crippen LogP contribution in [0.3, 0.4) is 0 Å². The summed E-state index contributed by atoms with van der Waals surface area (Å²) >= 11 is 3.34. The zero-order chi connectivity index (χ0) is 15.4. The van der Waals surface area contributed by atoms with Gasteiger partial charge in [0, 0.05) is 10.2 Å². The van der Waals surface area contributed by atoms with E-state index in [2.05, 4.69) is 15.9 Å². The number of anilines is 1. The quantitative estimate of drug-likeness (QED) is 0.875. The lowest BCUT2D eigenvalue weighted by molar-refractivity contribution is -0.135. The van der Waals surface area contributed by atoms with Gasteiger partial charge in [0.2, 0.25) is 0 Å². The number of halogens is 2. The van der Waals surface area contributed by atoms with Crippen LogP contribution < -0.4 is 4.90 Å². The molecule has 110 valence electrons. The number of hydrogen-bond donors (Lipinski definition) is 1. The highest BCUT2D eigenvalue weighted by Crippen LogP contribution is 2.31. The molecule has 0 aliphatic carbocycles. The highest BCUT2D eigenvalue weighted by Gasteiger charge is 2.21. The van der Waals surface area contributed by atoms with Crippen LogP contribution in [0.5, 0.6) is 0 Å². The van der Waals surface area contributed by atoms with Gasteiger partial charge in [-0.2, -0.15) is 0 Å². The minimum absolute atomic E-state index is 0.130. The van der Waals surface area contributed by atoms with Crippen molar-refractivity contribution in [2.24, 2.45) is 0 Å². The Morgan fingerprint density at radius 3 is 2.52 bits per heavy atom. The first-order chi connectivity index (χ1) is 9.99. The number of aliphatic carboxylic acids is 1. The van der Waals surface area contributed by atoms with Crippen LogP contribution in [0.4, 0.5) is 10.1 Å². The van der Waals surface area contributed by atoms with Crippen molar-refractivity contribution in [1.29, 1.82) is 0 Å². The van der Waals surface area contributed by atoms with E-state index >= 15 is 0 Å². The van der Waals surface area contributed by atoms with E-state index in [4.69, 9.17) is 5.11 Å². The minimum atomic E-state index is -0.913. The Bertz CT molecular complexity index is 633. The summed E-state index contributed by atoms with van der Waals surface area (Å²) in [5, 5.41) is 9.14.